The molecule has 0 aliphatic carbocycles. The van der Waals surface area contributed by atoms with Crippen molar-refractivity contribution in [2.75, 3.05) is 0 Å². The van der Waals surface area contributed by atoms with Crippen LogP contribution in [0.4, 0.5) is 4.79 Å². The van der Waals surface area contributed by atoms with Gasteiger partial charge in [-0.2, -0.15) is 0 Å². The summed E-state index contributed by atoms with van der Waals surface area (Å²) in [7, 11) is 0. The number of carbonyl (C=O) groups is 1. The van der Waals surface area contributed by atoms with Crippen LogP contribution in [0.15, 0.2) is 24.3 Å². The van der Waals surface area contributed by atoms with E-state index in [1.807, 2.05) is 39.8 Å². The highest BCUT2D eigenvalue weighted by Gasteiger charge is 2.31. The van der Waals surface area contributed by atoms with Crippen molar-refractivity contribution in [1.29, 1.82) is 0 Å². The highest BCUT2D eigenvalue weighted by molar-refractivity contribution is 5.66. The monoisotopic (exact) mass is 220 g/mol. The second-order valence-electron chi connectivity index (χ2n) is 4.83. The zero-order valence-corrected chi connectivity index (χ0v) is 10.2. The minimum Gasteiger partial charge on any atom is -0.465 e. The summed E-state index contributed by atoms with van der Waals surface area (Å²) in [6.45, 7) is 7.58. The van der Waals surface area contributed by atoms with Gasteiger partial charge in [0.05, 0.1) is 6.04 Å². The van der Waals surface area contributed by atoms with E-state index >= 15 is 0 Å². The normalized spacial score (nSPS) is 13.2. The van der Waals surface area contributed by atoms with Gasteiger partial charge in [0.2, 0.25) is 0 Å². The number of hydrogen-bond acceptors (Lipinski definition) is 1. The van der Waals surface area contributed by atoms with E-state index in [0.717, 1.165) is 5.56 Å². The molecule has 1 N–H and O–H groups in total. The highest BCUT2D eigenvalue weighted by atomic mass is 16.4. The first-order valence-corrected chi connectivity index (χ1v) is 5.32. The van der Waals surface area contributed by atoms with Crippen LogP contribution in [-0.2, 0) is 0 Å². The van der Waals surface area contributed by atoms with E-state index in [4.69, 9.17) is 0 Å². The quantitative estimate of drug-likeness (QED) is 0.830. The van der Waals surface area contributed by atoms with Gasteiger partial charge < -0.3 is 5.11 Å². The Kier molecular flexibility index (Phi) is 3.58. The Bertz CT molecular complexity index is 354. The van der Waals surface area contributed by atoms with E-state index in [-0.39, 0.29) is 6.04 Å². The summed E-state index contributed by atoms with van der Waals surface area (Å²) >= 11 is 0. The molecule has 1 aromatic carbocycles. The van der Waals surface area contributed by atoms with E-state index in [1.54, 1.807) is 12.1 Å². The summed E-state index contributed by atoms with van der Waals surface area (Å²) in [5, 5.41) is 9.26. The largest absolute Gasteiger partial charge is 0.465 e. The van der Waals surface area contributed by atoms with Crippen molar-refractivity contribution in [3.8, 4) is 0 Å². The first-order valence-electron chi connectivity index (χ1n) is 5.32. The zero-order valence-electron chi connectivity index (χ0n) is 10.2. The molecule has 0 aromatic heterocycles. The molecule has 0 aliphatic heterocycles. The predicted octanol–water partition coefficient (Wildman–Crippen LogP) is 3.33. The molecular formula is C13H18NO2. The van der Waals surface area contributed by atoms with E-state index in [9.17, 15) is 9.90 Å². The van der Waals surface area contributed by atoms with Crippen molar-refractivity contribution in [2.24, 2.45) is 0 Å². The summed E-state index contributed by atoms with van der Waals surface area (Å²) in [6.07, 6.45) is -0.896. The minimum absolute atomic E-state index is 0.160. The lowest BCUT2D eigenvalue weighted by atomic mass is 10.00. The Hall–Kier alpha value is -1.51. The fraction of sp³-hybridized carbons (Fsp3) is 0.462. The van der Waals surface area contributed by atoms with Crippen molar-refractivity contribution in [3.63, 3.8) is 0 Å². The zero-order chi connectivity index (χ0) is 12.3. The number of benzene rings is 1. The van der Waals surface area contributed by atoms with Crippen LogP contribution in [0, 0.1) is 6.07 Å². The second kappa shape index (κ2) is 4.56. The molecule has 0 heterocycles. The van der Waals surface area contributed by atoms with Gasteiger partial charge in [-0.15, -0.1) is 0 Å². The van der Waals surface area contributed by atoms with Gasteiger partial charge in [0, 0.05) is 5.54 Å². The van der Waals surface area contributed by atoms with Crippen molar-refractivity contribution in [3.05, 3.63) is 35.9 Å². The Morgan fingerprint density at radius 1 is 1.38 bits per heavy atom. The van der Waals surface area contributed by atoms with Crippen LogP contribution >= 0.6 is 0 Å². The van der Waals surface area contributed by atoms with Crippen LogP contribution in [0.2, 0.25) is 0 Å². The second-order valence-corrected chi connectivity index (χ2v) is 4.83. The summed E-state index contributed by atoms with van der Waals surface area (Å²) in [5.41, 5.74) is 0.571. The van der Waals surface area contributed by atoms with Gasteiger partial charge in [-0.3, -0.25) is 4.90 Å². The SMILES string of the molecule is CC(c1cc[c]cc1)N(C(=O)O)C(C)(C)C. The number of nitrogens with zero attached hydrogens (tertiary/aromatic N) is 1. The molecule has 0 fully saturated rings. The van der Waals surface area contributed by atoms with Crippen LogP contribution < -0.4 is 0 Å². The van der Waals surface area contributed by atoms with Crippen molar-refractivity contribution in [1.82, 2.24) is 4.90 Å². The highest BCUT2D eigenvalue weighted by Crippen LogP contribution is 2.27. The first-order chi connectivity index (χ1) is 7.34. The van der Waals surface area contributed by atoms with Gasteiger partial charge in [0.1, 0.15) is 0 Å². The van der Waals surface area contributed by atoms with Gasteiger partial charge >= 0.3 is 6.09 Å². The van der Waals surface area contributed by atoms with Gasteiger partial charge in [0.15, 0.2) is 0 Å². The van der Waals surface area contributed by atoms with Crippen LogP contribution in [0.1, 0.15) is 39.3 Å². The Balaban J connectivity index is 3.02. The molecular weight excluding hydrogens is 202 g/mol. The molecule has 0 aliphatic rings. The lowest BCUT2D eigenvalue weighted by molar-refractivity contribution is 0.0753. The molecule has 0 bridgehead atoms. The number of hydrogen-bond donors (Lipinski definition) is 1. The lowest BCUT2D eigenvalue weighted by Gasteiger charge is -2.38. The molecule has 1 atom stereocenters. The molecule has 1 unspecified atom stereocenters. The lowest BCUT2D eigenvalue weighted by Crippen LogP contribution is -2.46. The molecule has 1 radical (unpaired) electrons. The molecule has 1 rings (SSSR count). The predicted molar refractivity (Wildman–Crippen MR) is 63.3 cm³/mol. The van der Waals surface area contributed by atoms with Crippen molar-refractivity contribution in [2.45, 2.75) is 39.3 Å². The summed E-state index contributed by atoms with van der Waals surface area (Å²) in [5.74, 6) is 0. The van der Waals surface area contributed by atoms with Gasteiger partial charge in [-0.25, -0.2) is 4.79 Å². The van der Waals surface area contributed by atoms with Gasteiger partial charge in [-0.1, -0.05) is 24.3 Å². The fourth-order valence-electron chi connectivity index (χ4n) is 1.86. The molecule has 3 heteroatoms. The summed E-state index contributed by atoms with van der Waals surface area (Å²) in [4.78, 5) is 12.7. The van der Waals surface area contributed by atoms with E-state index in [2.05, 4.69) is 6.07 Å². The number of rotatable bonds is 2. The topological polar surface area (TPSA) is 40.5 Å². The van der Waals surface area contributed by atoms with Crippen molar-refractivity contribution < 1.29 is 9.90 Å². The minimum atomic E-state index is -0.896. The summed E-state index contributed by atoms with van der Waals surface area (Å²) in [6, 6.07) is 10.2. The Morgan fingerprint density at radius 2 is 1.88 bits per heavy atom. The molecule has 0 saturated heterocycles. The third-order valence-electron chi connectivity index (χ3n) is 2.54. The maximum Gasteiger partial charge on any atom is 0.408 e. The summed E-state index contributed by atoms with van der Waals surface area (Å²) < 4.78 is 0. The van der Waals surface area contributed by atoms with E-state index < -0.39 is 11.6 Å². The van der Waals surface area contributed by atoms with Crippen LogP contribution in [0.25, 0.3) is 0 Å². The molecule has 0 spiro atoms. The third-order valence-corrected chi connectivity index (χ3v) is 2.54. The van der Waals surface area contributed by atoms with E-state index in [0.29, 0.717) is 0 Å². The van der Waals surface area contributed by atoms with Crippen molar-refractivity contribution >= 4 is 6.09 Å². The Labute approximate surface area is 96.7 Å². The molecule has 3 nitrogen and oxygen atoms in total. The van der Waals surface area contributed by atoms with Crippen LogP contribution in [0.3, 0.4) is 0 Å². The standard InChI is InChI=1S/C13H18NO2/c1-10(11-8-6-5-7-9-11)14(12(15)16)13(2,3)4/h6-10H,1-4H3,(H,15,16). The molecule has 87 valence electrons. The molecule has 16 heavy (non-hydrogen) atoms. The maximum atomic E-state index is 11.3. The maximum absolute atomic E-state index is 11.3. The fourth-order valence-corrected chi connectivity index (χ4v) is 1.86. The average molecular weight is 220 g/mol. The van der Waals surface area contributed by atoms with Gasteiger partial charge in [-0.05, 0) is 39.3 Å². The van der Waals surface area contributed by atoms with Gasteiger partial charge in [0.25, 0.3) is 0 Å². The first kappa shape index (κ1) is 12.6. The van der Waals surface area contributed by atoms with E-state index in [1.165, 1.54) is 4.90 Å². The third kappa shape index (κ3) is 2.75. The van der Waals surface area contributed by atoms with Crippen LogP contribution in [0.5, 0.6) is 0 Å². The average Bonchev–Trinajstić information content (AvgIpc) is 2.16. The molecule has 1 aromatic rings. The molecule has 0 saturated carbocycles. The smallest absolute Gasteiger partial charge is 0.408 e. The molecule has 1 amide bonds. The number of amides is 1. The van der Waals surface area contributed by atoms with Crippen LogP contribution in [-0.4, -0.2) is 21.6 Å². The number of carboxylic acid groups (broad SMARTS) is 1. The Morgan fingerprint density at radius 3 is 2.25 bits per heavy atom.